The normalized spacial score (nSPS) is 36.8. The Balaban J connectivity index is 1.69. The van der Waals surface area contributed by atoms with E-state index in [1.54, 1.807) is 0 Å². The summed E-state index contributed by atoms with van der Waals surface area (Å²) in [5.74, 6) is 0.484. The summed E-state index contributed by atoms with van der Waals surface area (Å²) >= 11 is 0. The topological polar surface area (TPSA) is 32.7 Å². The van der Waals surface area contributed by atoms with Gasteiger partial charge in [0.05, 0.1) is 12.2 Å². The van der Waals surface area contributed by atoms with Crippen molar-refractivity contribution < 1.29 is 9.84 Å². The molecular weight excluding hydrogens is 202 g/mol. The predicted molar refractivity (Wildman–Crippen MR) is 64.4 cm³/mol. The number of hydrogen-bond acceptors (Lipinski definition) is 3. The van der Waals surface area contributed by atoms with Crippen LogP contribution in [0.25, 0.3) is 0 Å². The number of aliphatic hydroxyl groups is 1. The van der Waals surface area contributed by atoms with Gasteiger partial charge in [0.2, 0.25) is 0 Å². The smallest absolute Gasteiger partial charge is 0.0592 e. The van der Waals surface area contributed by atoms with Gasteiger partial charge in [0, 0.05) is 26.2 Å². The molecule has 0 aliphatic carbocycles. The van der Waals surface area contributed by atoms with Crippen LogP contribution in [0.2, 0.25) is 0 Å². The van der Waals surface area contributed by atoms with Crippen molar-refractivity contribution in [3.05, 3.63) is 0 Å². The third kappa shape index (κ3) is 3.19. The van der Waals surface area contributed by atoms with Crippen LogP contribution in [-0.4, -0.2) is 48.5 Å². The maximum Gasteiger partial charge on any atom is 0.0592 e. The first kappa shape index (κ1) is 12.3. The van der Waals surface area contributed by atoms with Gasteiger partial charge in [-0.2, -0.15) is 0 Å². The van der Waals surface area contributed by atoms with E-state index in [-0.39, 0.29) is 6.10 Å². The number of likely N-dealkylation sites (tertiary alicyclic amines) is 1. The zero-order valence-electron chi connectivity index (χ0n) is 10.4. The van der Waals surface area contributed by atoms with E-state index < -0.39 is 0 Å². The molecule has 0 aromatic heterocycles. The van der Waals surface area contributed by atoms with Gasteiger partial charge in [-0.05, 0) is 38.0 Å². The number of ether oxygens (including phenoxy) is 1. The third-order valence-corrected chi connectivity index (χ3v) is 4.09. The summed E-state index contributed by atoms with van der Waals surface area (Å²) in [7, 11) is 0. The summed E-state index contributed by atoms with van der Waals surface area (Å²) in [6, 6.07) is 0. The van der Waals surface area contributed by atoms with Gasteiger partial charge in [0.25, 0.3) is 0 Å². The molecule has 2 aliphatic rings. The number of piperidine rings is 1. The third-order valence-electron chi connectivity index (χ3n) is 4.09. The van der Waals surface area contributed by atoms with Gasteiger partial charge >= 0.3 is 0 Å². The zero-order chi connectivity index (χ0) is 11.4. The first-order valence-corrected chi connectivity index (χ1v) is 6.81. The van der Waals surface area contributed by atoms with Crippen LogP contribution in [0.5, 0.6) is 0 Å². The number of hydrogen-bond donors (Lipinski definition) is 1. The minimum atomic E-state index is -0.0658. The van der Waals surface area contributed by atoms with E-state index in [1.165, 1.54) is 19.3 Å². The first-order valence-electron chi connectivity index (χ1n) is 6.81. The van der Waals surface area contributed by atoms with Crippen molar-refractivity contribution in [2.24, 2.45) is 5.92 Å². The fraction of sp³-hybridized carbons (Fsp3) is 1.00. The van der Waals surface area contributed by atoms with Crippen LogP contribution in [0.1, 0.15) is 39.0 Å². The molecule has 0 saturated carbocycles. The Morgan fingerprint density at radius 3 is 2.94 bits per heavy atom. The lowest BCUT2D eigenvalue weighted by atomic mass is 9.92. The summed E-state index contributed by atoms with van der Waals surface area (Å²) in [4.78, 5) is 2.50. The molecule has 1 N–H and O–H groups in total. The highest BCUT2D eigenvalue weighted by Gasteiger charge is 2.26. The molecule has 2 aliphatic heterocycles. The first-order chi connectivity index (χ1) is 7.79. The molecule has 0 radical (unpaired) electrons. The van der Waals surface area contributed by atoms with Gasteiger partial charge < -0.3 is 14.7 Å². The molecule has 2 heterocycles. The molecule has 2 rings (SSSR count). The maximum atomic E-state index is 9.82. The zero-order valence-corrected chi connectivity index (χ0v) is 10.4. The summed E-state index contributed by atoms with van der Waals surface area (Å²) < 4.78 is 5.64. The van der Waals surface area contributed by atoms with Gasteiger partial charge in [-0.3, -0.25) is 0 Å². The second-order valence-corrected chi connectivity index (χ2v) is 5.25. The summed E-state index contributed by atoms with van der Waals surface area (Å²) in [5.41, 5.74) is 0. The molecule has 94 valence electrons. The minimum Gasteiger partial charge on any atom is -0.393 e. The molecule has 3 atom stereocenters. The van der Waals surface area contributed by atoms with Crippen molar-refractivity contribution in [1.82, 2.24) is 4.90 Å². The van der Waals surface area contributed by atoms with Crippen LogP contribution in [0, 0.1) is 5.92 Å². The highest BCUT2D eigenvalue weighted by Crippen LogP contribution is 2.21. The quantitative estimate of drug-likeness (QED) is 0.792. The fourth-order valence-electron chi connectivity index (χ4n) is 2.90. The van der Waals surface area contributed by atoms with Crippen molar-refractivity contribution in [3.8, 4) is 0 Å². The lowest BCUT2D eigenvalue weighted by molar-refractivity contribution is 0.0174. The summed E-state index contributed by atoms with van der Waals surface area (Å²) in [5, 5.41) is 9.82. The Bertz CT molecular complexity index is 204. The van der Waals surface area contributed by atoms with Gasteiger partial charge in [-0.15, -0.1) is 0 Å². The maximum absolute atomic E-state index is 9.82. The van der Waals surface area contributed by atoms with E-state index >= 15 is 0 Å². The van der Waals surface area contributed by atoms with Gasteiger partial charge in [-0.1, -0.05) is 6.92 Å². The second kappa shape index (κ2) is 5.99. The lowest BCUT2D eigenvalue weighted by Crippen LogP contribution is -2.43. The van der Waals surface area contributed by atoms with E-state index in [4.69, 9.17) is 4.74 Å². The highest BCUT2D eigenvalue weighted by atomic mass is 16.5. The molecule has 0 aromatic rings. The summed E-state index contributed by atoms with van der Waals surface area (Å²) in [6.45, 7) is 6.42. The highest BCUT2D eigenvalue weighted by molar-refractivity contribution is 4.80. The molecule has 3 unspecified atom stereocenters. The van der Waals surface area contributed by atoms with Crippen LogP contribution < -0.4 is 0 Å². The van der Waals surface area contributed by atoms with Crippen LogP contribution >= 0.6 is 0 Å². The van der Waals surface area contributed by atoms with E-state index in [0.29, 0.717) is 12.0 Å². The molecule has 3 heteroatoms. The molecule has 0 amide bonds. The second-order valence-electron chi connectivity index (χ2n) is 5.25. The van der Waals surface area contributed by atoms with Gasteiger partial charge in [0.1, 0.15) is 0 Å². The van der Waals surface area contributed by atoms with Crippen LogP contribution in [-0.2, 0) is 4.74 Å². The van der Waals surface area contributed by atoms with Crippen molar-refractivity contribution in [1.29, 1.82) is 0 Å². The number of rotatable bonds is 4. The predicted octanol–water partition coefficient (Wildman–Crippen LogP) is 1.65. The van der Waals surface area contributed by atoms with Crippen molar-refractivity contribution >= 4 is 0 Å². The molecule has 2 saturated heterocycles. The molecule has 0 aromatic carbocycles. The Morgan fingerprint density at radius 1 is 1.38 bits per heavy atom. The Hall–Kier alpha value is -0.120. The molecule has 16 heavy (non-hydrogen) atoms. The number of nitrogens with zero attached hydrogens (tertiary/aromatic N) is 1. The van der Waals surface area contributed by atoms with Crippen LogP contribution in [0.15, 0.2) is 0 Å². The van der Waals surface area contributed by atoms with E-state index in [2.05, 4.69) is 11.8 Å². The SMILES string of the molecule is CCC1CN(CCC2CCCO2)CCC1O. The molecule has 2 fully saturated rings. The molecule has 0 bridgehead atoms. The van der Waals surface area contributed by atoms with Gasteiger partial charge in [-0.25, -0.2) is 0 Å². The van der Waals surface area contributed by atoms with Crippen molar-refractivity contribution in [3.63, 3.8) is 0 Å². The Kier molecular flexibility index (Phi) is 4.62. The van der Waals surface area contributed by atoms with E-state index in [0.717, 1.165) is 39.1 Å². The monoisotopic (exact) mass is 227 g/mol. The van der Waals surface area contributed by atoms with E-state index in [9.17, 15) is 5.11 Å². The lowest BCUT2D eigenvalue weighted by Gasteiger charge is -2.36. The van der Waals surface area contributed by atoms with Crippen molar-refractivity contribution in [2.75, 3.05) is 26.2 Å². The van der Waals surface area contributed by atoms with Crippen LogP contribution in [0.4, 0.5) is 0 Å². The molecular formula is C13H25NO2. The molecule has 3 nitrogen and oxygen atoms in total. The largest absolute Gasteiger partial charge is 0.393 e. The summed E-state index contributed by atoms with van der Waals surface area (Å²) in [6.07, 6.45) is 6.14. The standard InChI is InChI=1S/C13H25NO2/c1-2-11-10-14(8-6-13(11)15)7-5-12-4-3-9-16-12/h11-13,15H,2-10H2,1H3. The van der Waals surface area contributed by atoms with Crippen molar-refractivity contribution in [2.45, 2.75) is 51.2 Å². The Morgan fingerprint density at radius 2 is 2.25 bits per heavy atom. The molecule has 0 spiro atoms. The van der Waals surface area contributed by atoms with Gasteiger partial charge in [0.15, 0.2) is 0 Å². The average Bonchev–Trinajstić information content (AvgIpc) is 2.81. The number of aliphatic hydroxyl groups excluding tert-OH is 1. The fourth-order valence-corrected chi connectivity index (χ4v) is 2.90. The minimum absolute atomic E-state index is 0.0658. The van der Waals surface area contributed by atoms with Crippen LogP contribution in [0.3, 0.4) is 0 Å². The average molecular weight is 227 g/mol. The van der Waals surface area contributed by atoms with E-state index in [1.807, 2.05) is 0 Å². The Labute approximate surface area is 98.8 Å².